The summed E-state index contributed by atoms with van der Waals surface area (Å²) < 4.78 is 2.84. The van der Waals surface area contributed by atoms with Crippen LogP contribution < -0.4 is 21.4 Å². The van der Waals surface area contributed by atoms with Crippen molar-refractivity contribution in [3.63, 3.8) is 0 Å². The summed E-state index contributed by atoms with van der Waals surface area (Å²) in [6.07, 6.45) is 2.18. The summed E-state index contributed by atoms with van der Waals surface area (Å²) in [6, 6.07) is 12.7. The van der Waals surface area contributed by atoms with Crippen LogP contribution in [-0.4, -0.2) is 44.9 Å². The Morgan fingerprint density at radius 3 is 2.73 bits per heavy atom. The molecule has 0 saturated heterocycles. The second-order valence-electron chi connectivity index (χ2n) is 6.89. The van der Waals surface area contributed by atoms with Crippen LogP contribution in [0.2, 0.25) is 0 Å². The third-order valence-corrected chi connectivity index (χ3v) is 4.67. The van der Waals surface area contributed by atoms with Crippen LogP contribution in [0.1, 0.15) is 12.0 Å². The lowest BCUT2D eigenvalue weighted by molar-refractivity contribution is -0.118. The Labute approximate surface area is 171 Å². The van der Waals surface area contributed by atoms with E-state index in [1.807, 2.05) is 25.1 Å². The van der Waals surface area contributed by atoms with Gasteiger partial charge in [-0.2, -0.15) is 0 Å². The molecule has 1 aromatic carbocycles. The molecule has 1 aliphatic rings. The van der Waals surface area contributed by atoms with Gasteiger partial charge in [0.1, 0.15) is 6.54 Å². The van der Waals surface area contributed by atoms with Crippen LogP contribution in [0.4, 0.5) is 5.69 Å². The number of amidine groups is 1. The number of rotatable bonds is 6. The molecule has 3 heterocycles. The van der Waals surface area contributed by atoms with Crippen molar-refractivity contribution >= 4 is 29.0 Å². The van der Waals surface area contributed by atoms with Gasteiger partial charge in [0.05, 0.1) is 5.69 Å². The Hall–Kier alpha value is -3.95. The average molecular weight is 407 g/mol. The van der Waals surface area contributed by atoms with Crippen LogP contribution in [0, 0.1) is 6.92 Å². The van der Waals surface area contributed by atoms with E-state index >= 15 is 0 Å². The van der Waals surface area contributed by atoms with Crippen LogP contribution in [0.15, 0.2) is 58.4 Å². The fraction of sp³-hybridized carbons (Fsp3) is 0.250. The Morgan fingerprint density at radius 1 is 1.17 bits per heavy atom. The van der Waals surface area contributed by atoms with Crippen molar-refractivity contribution in [3.05, 3.63) is 64.7 Å². The number of nitrogens with zero attached hydrogens (tertiary/aromatic N) is 5. The monoisotopic (exact) mass is 407 g/mol. The number of benzene rings is 1. The van der Waals surface area contributed by atoms with Crippen LogP contribution in [0.25, 0.3) is 5.65 Å². The number of hydrogen-bond acceptors (Lipinski definition) is 6. The van der Waals surface area contributed by atoms with Crippen LogP contribution in [-0.2, 0) is 16.1 Å². The average Bonchev–Trinajstić information content (AvgIpc) is 3.08. The summed E-state index contributed by atoms with van der Waals surface area (Å²) in [5.41, 5.74) is 4.84. The van der Waals surface area contributed by atoms with Crippen molar-refractivity contribution < 1.29 is 9.59 Å². The number of carbonyl (C=O) groups excluding carboxylic acids is 2. The number of nitrogens with one attached hydrogen (secondary N) is 2. The zero-order chi connectivity index (χ0) is 21.1. The summed E-state index contributed by atoms with van der Waals surface area (Å²) in [7, 11) is 0. The maximum atomic E-state index is 12.4. The van der Waals surface area contributed by atoms with Crippen LogP contribution in [0.5, 0.6) is 0 Å². The highest BCUT2D eigenvalue weighted by Crippen LogP contribution is 2.15. The molecule has 1 aliphatic heterocycles. The van der Waals surface area contributed by atoms with Gasteiger partial charge in [-0.05, 0) is 37.6 Å². The highest BCUT2D eigenvalue weighted by atomic mass is 16.2. The molecule has 0 saturated carbocycles. The molecule has 10 heteroatoms. The molecule has 10 nitrogen and oxygen atoms in total. The molecule has 0 radical (unpaired) electrons. The Morgan fingerprint density at radius 2 is 1.97 bits per heavy atom. The first-order valence-electron chi connectivity index (χ1n) is 9.56. The van der Waals surface area contributed by atoms with Crippen molar-refractivity contribution in [2.45, 2.75) is 19.9 Å². The number of carbonyl (C=O) groups is 2. The predicted molar refractivity (Wildman–Crippen MR) is 111 cm³/mol. The second-order valence-corrected chi connectivity index (χ2v) is 6.89. The topological polar surface area (TPSA) is 113 Å². The standard InChI is InChI=1S/C20H21N7O3/c1-14-6-8-15(9-7-14)27-17(28)13-22-18(24-27)19(29)21-10-4-12-26-20(30)25-11-3-2-5-16(25)23-26/h2-3,5-9,11H,4,10,12-13H2,1H3,(H,21,29)(H,22,24). The van der Waals surface area contributed by atoms with Gasteiger partial charge in [-0.15, -0.1) is 5.10 Å². The zero-order valence-corrected chi connectivity index (χ0v) is 16.4. The van der Waals surface area contributed by atoms with E-state index in [1.54, 1.807) is 30.5 Å². The SMILES string of the molecule is Cc1ccc(N2NC(C(=O)NCCCn3nc4ccccn4c3=O)=NCC2=O)cc1. The molecule has 2 aromatic heterocycles. The number of aliphatic imine (C=N–C) groups is 1. The molecule has 2 amide bonds. The van der Waals surface area contributed by atoms with Gasteiger partial charge in [0.2, 0.25) is 5.84 Å². The molecule has 0 unspecified atom stereocenters. The van der Waals surface area contributed by atoms with E-state index in [0.717, 1.165) is 5.56 Å². The van der Waals surface area contributed by atoms with Gasteiger partial charge < -0.3 is 5.32 Å². The minimum Gasteiger partial charge on any atom is -0.349 e. The smallest absolute Gasteiger partial charge is 0.349 e. The largest absolute Gasteiger partial charge is 0.350 e. The number of pyridine rings is 1. The normalized spacial score (nSPS) is 13.8. The molecule has 0 atom stereocenters. The minimum absolute atomic E-state index is 0.0695. The van der Waals surface area contributed by atoms with E-state index in [1.165, 1.54) is 14.1 Å². The van der Waals surface area contributed by atoms with Gasteiger partial charge in [0, 0.05) is 19.3 Å². The molecule has 30 heavy (non-hydrogen) atoms. The molecule has 4 rings (SSSR count). The first-order chi connectivity index (χ1) is 14.5. The second kappa shape index (κ2) is 8.19. The zero-order valence-electron chi connectivity index (χ0n) is 16.4. The fourth-order valence-electron chi connectivity index (χ4n) is 3.07. The Bertz CT molecular complexity index is 1180. The third kappa shape index (κ3) is 3.93. The van der Waals surface area contributed by atoms with Gasteiger partial charge in [0.25, 0.3) is 11.8 Å². The summed E-state index contributed by atoms with van der Waals surface area (Å²) in [5, 5.41) is 8.32. The van der Waals surface area contributed by atoms with Crippen molar-refractivity contribution in [3.8, 4) is 0 Å². The minimum atomic E-state index is -0.415. The first kappa shape index (κ1) is 19.4. The lowest BCUT2D eigenvalue weighted by Crippen LogP contribution is -2.55. The maximum Gasteiger partial charge on any atom is 0.350 e. The van der Waals surface area contributed by atoms with E-state index in [-0.39, 0.29) is 24.0 Å². The highest BCUT2D eigenvalue weighted by molar-refractivity contribution is 6.39. The highest BCUT2D eigenvalue weighted by Gasteiger charge is 2.25. The number of aryl methyl sites for hydroxylation is 2. The summed E-state index contributed by atoms with van der Waals surface area (Å²) in [5.74, 6) is -0.594. The molecule has 0 aliphatic carbocycles. The first-order valence-corrected chi connectivity index (χ1v) is 9.56. The molecule has 2 N–H and O–H groups in total. The number of hydrogen-bond donors (Lipinski definition) is 2. The van der Waals surface area contributed by atoms with Crippen LogP contribution >= 0.6 is 0 Å². The predicted octanol–water partition coefficient (Wildman–Crippen LogP) is 0.261. The molecule has 0 bridgehead atoms. The van der Waals surface area contributed by atoms with Gasteiger partial charge in [-0.1, -0.05) is 23.8 Å². The van der Waals surface area contributed by atoms with Gasteiger partial charge >= 0.3 is 5.69 Å². The lowest BCUT2D eigenvalue weighted by Gasteiger charge is -2.27. The molecular weight excluding hydrogens is 386 g/mol. The van der Waals surface area contributed by atoms with Crippen molar-refractivity contribution in [2.24, 2.45) is 4.99 Å². The number of hydrazine groups is 1. The number of fused-ring (bicyclic) bond motifs is 1. The van der Waals surface area contributed by atoms with E-state index in [4.69, 9.17) is 0 Å². The van der Waals surface area contributed by atoms with E-state index in [2.05, 4.69) is 20.8 Å². The van der Waals surface area contributed by atoms with E-state index in [9.17, 15) is 14.4 Å². The number of anilines is 1. The number of aromatic nitrogens is 3. The molecular formula is C20H21N7O3. The van der Waals surface area contributed by atoms with Crippen molar-refractivity contribution in [1.82, 2.24) is 24.9 Å². The van der Waals surface area contributed by atoms with Gasteiger partial charge in [0.15, 0.2) is 5.65 Å². The van der Waals surface area contributed by atoms with Gasteiger partial charge in [-0.25, -0.2) is 14.5 Å². The van der Waals surface area contributed by atoms with E-state index < -0.39 is 5.91 Å². The molecule has 154 valence electrons. The van der Waals surface area contributed by atoms with Crippen LogP contribution in [0.3, 0.4) is 0 Å². The summed E-state index contributed by atoms with van der Waals surface area (Å²) in [4.78, 5) is 40.8. The third-order valence-electron chi connectivity index (χ3n) is 4.67. The quantitative estimate of drug-likeness (QED) is 0.569. The van der Waals surface area contributed by atoms with E-state index in [0.29, 0.717) is 30.8 Å². The Balaban J connectivity index is 1.32. The summed E-state index contributed by atoms with van der Waals surface area (Å²) >= 11 is 0. The maximum absolute atomic E-state index is 12.4. The van der Waals surface area contributed by atoms with Crippen molar-refractivity contribution in [1.29, 1.82) is 0 Å². The molecule has 3 aromatic rings. The number of amides is 2. The molecule has 0 fully saturated rings. The Kier molecular flexibility index (Phi) is 5.29. The van der Waals surface area contributed by atoms with Gasteiger partial charge in [-0.3, -0.25) is 24.4 Å². The molecule has 0 spiro atoms. The van der Waals surface area contributed by atoms with Crippen molar-refractivity contribution in [2.75, 3.05) is 18.1 Å². The summed E-state index contributed by atoms with van der Waals surface area (Å²) in [6.45, 7) is 2.54. The lowest BCUT2D eigenvalue weighted by atomic mass is 10.2. The fourth-order valence-corrected chi connectivity index (χ4v) is 3.07.